The van der Waals surface area contributed by atoms with Gasteiger partial charge in [-0.1, -0.05) is 38.4 Å². The Hall–Kier alpha value is -3.46. The number of rotatable bonds is 4. The van der Waals surface area contributed by atoms with Gasteiger partial charge in [-0.3, -0.25) is 19.2 Å². The molecule has 2 N–H and O–H groups in total. The molecule has 1 fully saturated rings. The van der Waals surface area contributed by atoms with Gasteiger partial charge in [0.1, 0.15) is 18.4 Å². The number of hydrogen-bond donors (Lipinski definition) is 1. The number of hydrogen-bond acceptors (Lipinski definition) is 4. The Balaban J connectivity index is 1.75. The maximum Gasteiger partial charge on any atom is 0.256 e. The molecule has 0 unspecified atom stereocenters. The zero-order valence-electron chi connectivity index (χ0n) is 20.4. The molecule has 0 radical (unpaired) electrons. The number of carbonyl (C=O) groups is 4. The van der Waals surface area contributed by atoms with Crippen LogP contribution in [0, 0.1) is 11.2 Å². The van der Waals surface area contributed by atoms with Crippen LogP contribution >= 0.6 is 11.6 Å². The Morgan fingerprint density at radius 1 is 1.08 bits per heavy atom. The molecule has 8 nitrogen and oxygen atoms in total. The van der Waals surface area contributed by atoms with Gasteiger partial charge in [0.15, 0.2) is 0 Å². The fourth-order valence-corrected chi connectivity index (χ4v) is 4.79. The Labute approximate surface area is 213 Å². The van der Waals surface area contributed by atoms with Crippen molar-refractivity contribution in [1.82, 2.24) is 9.80 Å². The fraction of sp³-hybridized carbons (Fsp3) is 0.385. The van der Waals surface area contributed by atoms with Gasteiger partial charge in [0.2, 0.25) is 11.8 Å². The van der Waals surface area contributed by atoms with Gasteiger partial charge in [0.05, 0.1) is 17.8 Å². The molecular formula is C26H28ClFN4O4. The van der Waals surface area contributed by atoms with Crippen molar-refractivity contribution in [2.45, 2.75) is 33.2 Å². The number of fused-ring (bicyclic) bond motifs is 2. The standard InChI is InChI=1S/C26H28ClFN4O4/c1-26(2,3)12-23(34)30-8-9-31-21(13-30)25(36)32(14-22(29)33)20-7-4-15(10-18(20)24(31)35)17-6-5-16(27)11-19(17)28/h4-7,10-11,21H,8-9,12-14H2,1-3H3,(H2,29,33)/t21-/m1/s1. The van der Waals surface area contributed by atoms with Crippen LogP contribution in [-0.4, -0.2) is 65.6 Å². The minimum absolute atomic E-state index is 0.0153. The highest BCUT2D eigenvalue weighted by Gasteiger charge is 2.44. The van der Waals surface area contributed by atoms with Crippen LogP contribution in [-0.2, 0) is 14.4 Å². The quantitative estimate of drug-likeness (QED) is 0.677. The van der Waals surface area contributed by atoms with Gasteiger partial charge >= 0.3 is 0 Å². The molecule has 0 aromatic heterocycles. The topological polar surface area (TPSA) is 104 Å². The van der Waals surface area contributed by atoms with Gasteiger partial charge in [0, 0.05) is 30.1 Å². The fourth-order valence-electron chi connectivity index (χ4n) is 4.64. The highest BCUT2D eigenvalue weighted by molar-refractivity contribution is 6.30. The first-order chi connectivity index (χ1) is 16.9. The predicted octanol–water partition coefficient (Wildman–Crippen LogP) is 3.07. The van der Waals surface area contributed by atoms with E-state index in [1.807, 2.05) is 20.8 Å². The average molecular weight is 515 g/mol. The Kier molecular flexibility index (Phi) is 6.79. The lowest BCUT2D eigenvalue weighted by Crippen LogP contribution is -2.61. The van der Waals surface area contributed by atoms with Crippen molar-refractivity contribution >= 4 is 40.9 Å². The number of piperazine rings is 1. The maximum absolute atomic E-state index is 14.6. The molecule has 2 aromatic rings. The van der Waals surface area contributed by atoms with Gasteiger partial charge < -0.3 is 20.4 Å². The van der Waals surface area contributed by atoms with Gasteiger partial charge in [-0.2, -0.15) is 0 Å². The number of amides is 4. The SMILES string of the molecule is CC(C)(C)CC(=O)N1CCN2C(=O)c3cc(-c4ccc(Cl)cc4F)ccc3N(CC(N)=O)C(=O)[C@H]2C1. The van der Waals surface area contributed by atoms with E-state index in [0.29, 0.717) is 12.0 Å². The van der Waals surface area contributed by atoms with Crippen LogP contribution in [0.4, 0.5) is 10.1 Å². The molecule has 2 heterocycles. The van der Waals surface area contributed by atoms with Gasteiger partial charge in [-0.05, 0) is 41.3 Å². The molecule has 0 aliphatic carbocycles. The van der Waals surface area contributed by atoms with Crippen molar-refractivity contribution in [1.29, 1.82) is 0 Å². The molecule has 0 bridgehead atoms. The number of anilines is 1. The first kappa shape index (κ1) is 25.6. The van der Waals surface area contributed by atoms with E-state index in [0.717, 1.165) is 0 Å². The van der Waals surface area contributed by atoms with Gasteiger partial charge in [0.25, 0.3) is 11.8 Å². The van der Waals surface area contributed by atoms with E-state index in [1.165, 1.54) is 34.1 Å². The zero-order valence-corrected chi connectivity index (χ0v) is 21.1. The summed E-state index contributed by atoms with van der Waals surface area (Å²) in [5, 5.41) is 0.238. The first-order valence-electron chi connectivity index (χ1n) is 11.6. The Bertz CT molecular complexity index is 1260. The Morgan fingerprint density at radius 3 is 2.44 bits per heavy atom. The molecule has 4 rings (SSSR count). The predicted molar refractivity (Wildman–Crippen MR) is 134 cm³/mol. The van der Waals surface area contributed by atoms with E-state index in [1.54, 1.807) is 17.0 Å². The minimum Gasteiger partial charge on any atom is -0.368 e. The molecule has 36 heavy (non-hydrogen) atoms. The summed E-state index contributed by atoms with van der Waals surface area (Å²) < 4.78 is 14.6. The van der Waals surface area contributed by atoms with Crippen LogP contribution in [0.1, 0.15) is 37.6 Å². The van der Waals surface area contributed by atoms with E-state index in [2.05, 4.69) is 0 Å². The maximum atomic E-state index is 14.6. The second-order valence-electron chi connectivity index (χ2n) is 10.3. The third kappa shape index (κ3) is 5.06. The molecule has 4 amide bonds. The summed E-state index contributed by atoms with van der Waals surface area (Å²) >= 11 is 5.88. The Morgan fingerprint density at radius 2 is 1.81 bits per heavy atom. The van der Waals surface area contributed by atoms with Crippen LogP contribution < -0.4 is 10.6 Å². The minimum atomic E-state index is -0.974. The van der Waals surface area contributed by atoms with E-state index in [-0.39, 0.29) is 52.8 Å². The molecule has 2 aliphatic rings. The van der Waals surface area contributed by atoms with Crippen molar-refractivity contribution in [3.05, 3.63) is 52.8 Å². The first-order valence-corrected chi connectivity index (χ1v) is 12.0. The van der Waals surface area contributed by atoms with Crippen molar-refractivity contribution in [2.24, 2.45) is 11.1 Å². The number of halogens is 2. The van der Waals surface area contributed by atoms with Crippen LogP contribution in [0.2, 0.25) is 5.02 Å². The highest BCUT2D eigenvalue weighted by Crippen LogP contribution is 2.35. The lowest BCUT2D eigenvalue weighted by atomic mass is 9.91. The summed E-state index contributed by atoms with van der Waals surface area (Å²) in [6, 6.07) is 7.84. The van der Waals surface area contributed by atoms with Crippen molar-refractivity contribution < 1.29 is 23.6 Å². The number of primary amides is 1. The van der Waals surface area contributed by atoms with Gasteiger partial charge in [-0.15, -0.1) is 0 Å². The van der Waals surface area contributed by atoms with Crippen LogP contribution in [0.15, 0.2) is 36.4 Å². The van der Waals surface area contributed by atoms with Crippen LogP contribution in [0.5, 0.6) is 0 Å². The van der Waals surface area contributed by atoms with Crippen molar-refractivity contribution in [3.8, 4) is 11.1 Å². The number of nitrogens with zero attached hydrogens (tertiary/aromatic N) is 3. The molecular weight excluding hydrogens is 487 g/mol. The second kappa shape index (κ2) is 9.54. The highest BCUT2D eigenvalue weighted by atomic mass is 35.5. The monoisotopic (exact) mass is 514 g/mol. The zero-order chi connectivity index (χ0) is 26.4. The number of nitrogens with two attached hydrogens (primary N) is 1. The average Bonchev–Trinajstić information content (AvgIpc) is 2.87. The summed E-state index contributed by atoms with van der Waals surface area (Å²) in [5.41, 5.74) is 6.21. The lowest BCUT2D eigenvalue weighted by molar-refractivity contribution is -0.138. The summed E-state index contributed by atoms with van der Waals surface area (Å²) in [6.07, 6.45) is 0.295. The van der Waals surface area contributed by atoms with E-state index in [4.69, 9.17) is 17.3 Å². The summed E-state index contributed by atoms with van der Waals surface area (Å²) in [5.74, 6) is -2.35. The number of carbonyl (C=O) groups excluding carboxylic acids is 4. The summed E-state index contributed by atoms with van der Waals surface area (Å²) in [4.78, 5) is 56.3. The molecule has 1 saturated heterocycles. The largest absolute Gasteiger partial charge is 0.368 e. The third-order valence-electron chi connectivity index (χ3n) is 6.30. The van der Waals surface area contributed by atoms with E-state index in [9.17, 15) is 23.6 Å². The summed E-state index contributed by atoms with van der Waals surface area (Å²) in [7, 11) is 0. The third-order valence-corrected chi connectivity index (χ3v) is 6.54. The van der Waals surface area contributed by atoms with E-state index >= 15 is 0 Å². The molecule has 1 atom stereocenters. The normalized spacial score (nSPS) is 18.0. The van der Waals surface area contributed by atoms with E-state index < -0.39 is 36.1 Å². The lowest BCUT2D eigenvalue weighted by Gasteiger charge is -2.40. The van der Waals surface area contributed by atoms with Crippen molar-refractivity contribution in [2.75, 3.05) is 31.1 Å². The second-order valence-corrected chi connectivity index (χ2v) is 10.8. The van der Waals surface area contributed by atoms with Crippen molar-refractivity contribution in [3.63, 3.8) is 0 Å². The molecule has 2 aliphatic heterocycles. The van der Waals surface area contributed by atoms with Gasteiger partial charge in [-0.25, -0.2) is 4.39 Å². The molecule has 190 valence electrons. The molecule has 2 aromatic carbocycles. The molecule has 10 heteroatoms. The molecule has 0 spiro atoms. The van der Waals surface area contributed by atoms with Crippen LogP contribution in [0.3, 0.4) is 0 Å². The smallest absolute Gasteiger partial charge is 0.256 e. The van der Waals surface area contributed by atoms with Crippen LogP contribution in [0.25, 0.3) is 11.1 Å². The molecule has 0 saturated carbocycles. The number of benzene rings is 2. The summed E-state index contributed by atoms with van der Waals surface area (Å²) in [6.45, 7) is 5.86.